The van der Waals surface area contributed by atoms with E-state index in [1.807, 2.05) is 31.7 Å². The molecule has 12 nitrogen and oxygen atoms in total. The van der Waals surface area contributed by atoms with Crippen molar-refractivity contribution in [2.45, 2.75) is 103 Å². The smallest absolute Gasteiger partial charge is 0.407 e. The highest BCUT2D eigenvalue weighted by atomic mass is 16.5. The Balaban J connectivity index is 1.40. The molecule has 1 aliphatic heterocycles. The number of carbonyl (C=O) groups excluding carboxylic acids is 3. The SMILES string of the molecule is CCCCOC(=O)c1cccc(CC(=O)N(CC[C@H]2CC[C@@H](N(C(=O)c3ccc(OC)c(OCCCOC)c3)C(C)C)CN2C(=O)O)C2CC2)c1. The van der Waals surface area contributed by atoms with Crippen LogP contribution in [-0.4, -0.2) is 115 Å². The van der Waals surface area contributed by atoms with Gasteiger partial charge >= 0.3 is 12.1 Å². The van der Waals surface area contributed by atoms with Gasteiger partial charge in [-0.2, -0.15) is 0 Å². The van der Waals surface area contributed by atoms with Crippen LogP contribution in [0.1, 0.15) is 98.4 Å². The molecule has 0 bridgehead atoms. The Kier molecular flexibility index (Phi) is 15.0. The van der Waals surface area contributed by atoms with E-state index >= 15 is 0 Å². The highest BCUT2D eigenvalue weighted by Crippen LogP contribution is 2.32. The van der Waals surface area contributed by atoms with Crippen LogP contribution in [-0.2, 0) is 20.7 Å². The lowest BCUT2D eigenvalue weighted by Gasteiger charge is -2.44. The van der Waals surface area contributed by atoms with Crippen LogP contribution in [0.4, 0.5) is 4.79 Å². The summed E-state index contributed by atoms with van der Waals surface area (Å²) in [6.45, 7) is 7.83. The van der Waals surface area contributed by atoms with Gasteiger partial charge in [0.15, 0.2) is 11.5 Å². The van der Waals surface area contributed by atoms with Gasteiger partial charge in [-0.05, 0) is 88.3 Å². The molecule has 4 rings (SSSR count). The van der Waals surface area contributed by atoms with Crippen molar-refractivity contribution in [1.82, 2.24) is 14.7 Å². The number of methoxy groups -OCH3 is 2. The average Bonchev–Trinajstić information content (AvgIpc) is 3.96. The van der Waals surface area contributed by atoms with Crippen molar-refractivity contribution in [3.63, 3.8) is 0 Å². The molecule has 1 saturated carbocycles. The molecule has 12 heteroatoms. The summed E-state index contributed by atoms with van der Waals surface area (Å²) in [5.41, 5.74) is 1.60. The van der Waals surface area contributed by atoms with Gasteiger partial charge in [-0.25, -0.2) is 9.59 Å². The Labute approximate surface area is 302 Å². The Bertz CT molecular complexity index is 1480. The van der Waals surface area contributed by atoms with Gasteiger partial charge < -0.3 is 38.8 Å². The number of esters is 1. The molecule has 2 aromatic carbocycles. The predicted octanol–water partition coefficient (Wildman–Crippen LogP) is 6.05. The molecule has 3 amide bonds. The van der Waals surface area contributed by atoms with Crippen molar-refractivity contribution in [3.8, 4) is 11.5 Å². The molecule has 2 atom stereocenters. The van der Waals surface area contributed by atoms with Crippen LogP contribution in [0.3, 0.4) is 0 Å². The zero-order chi connectivity index (χ0) is 36.9. The molecule has 0 radical (unpaired) electrons. The predicted molar refractivity (Wildman–Crippen MR) is 193 cm³/mol. The van der Waals surface area contributed by atoms with Crippen LogP contribution in [0.15, 0.2) is 42.5 Å². The van der Waals surface area contributed by atoms with Gasteiger partial charge in [0.1, 0.15) is 0 Å². The van der Waals surface area contributed by atoms with Crippen molar-refractivity contribution >= 4 is 23.9 Å². The molecule has 1 saturated heterocycles. The molecule has 0 spiro atoms. The number of amides is 3. The summed E-state index contributed by atoms with van der Waals surface area (Å²) in [5, 5.41) is 10.3. The number of benzene rings is 2. The average molecular weight is 710 g/mol. The Morgan fingerprint density at radius 2 is 1.67 bits per heavy atom. The van der Waals surface area contributed by atoms with E-state index in [9.17, 15) is 24.3 Å². The van der Waals surface area contributed by atoms with Crippen molar-refractivity contribution in [2.75, 3.05) is 47.1 Å². The lowest BCUT2D eigenvalue weighted by molar-refractivity contribution is -0.131. The molecule has 0 aromatic heterocycles. The van der Waals surface area contributed by atoms with Crippen LogP contribution < -0.4 is 9.47 Å². The fraction of sp³-hybridized carbons (Fsp3) is 0.590. The third kappa shape index (κ3) is 11.1. The van der Waals surface area contributed by atoms with E-state index in [2.05, 4.69) is 0 Å². The minimum absolute atomic E-state index is 0.0392. The zero-order valence-corrected chi connectivity index (χ0v) is 30.8. The number of nitrogens with zero attached hydrogens (tertiary/aromatic N) is 3. The number of hydrogen-bond donors (Lipinski definition) is 1. The van der Waals surface area contributed by atoms with Gasteiger partial charge in [0.25, 0.3) is 5.91 Å². The summed E-state index contributed by atoms with van der Waals surface area (Å²) in [4.78, 5) is 57.7. The molecule has 2 aliphatic rings. The number of likely N-dealkylation sites (tertiary alicyclic amines) is 1. The molecular formula is C39H55N3O9. The second-order valence-electron chi connectivity index (χ2n) is 13.7. The molecular weight excluding hydrogens is 654 g/mol. The number of unbranched alkanes of at least 4 members (excludes halogenated alkanes) is 1. The molecule has 0 unspecified atom stereocenters. The van der Waals surface area contributed by atoms with E-state index in [0.29, 0.717) is 74.7 Å². The molecule has 1 aliphatic carbocycles. The molecule has 1 N–H and O–H groups in total. The lowest BCUT2D eigenvalue weighted by Crippen LogP contribution is -2.57. The maximum atomic E-state index is 14.0. The fourth-order valence-corrected chi connectivity index (χ4v) is 6.71. The van der Waals surface area contributed by atoms with Gasteiger partial charge in [0.2, 0.25) is 5.91 Å². The second-order valence-corrected chi connectivity index (χ2v) is 13.7. The van der Waals surface area contributed by atoms with Crippen LogP contribution in [0.25, 0.3) is 0 Å². The minimum Gasteiger partial charge on any atom is -0.493 e. The maximum absolute atomic E-state index is 14.0. The van der Waals surface area contributed by atoms with Crippen molar-refractivity contribution < 1.29 is 43.2 Å². The van der Waals surface area contributed by atoms with Crippen LogP contribution >= 0.6 is 0 Å². The Hall–Kier alpha value is -4.32. The van der Waals surface area contributed by atoms with Crippen molar-refractivity contribution in [2.24, 2.45) is 0 Å². The van der Waals surface area contributed by atoms with Crippen molar-refractivity contribution in [1.29, 1.82) is 0 Å². The monoisotopic (exact) mass is 709 g/mol. The van der Waals surface area contributed by atoms with Gasteiger partial charge in [0, 0.05) is 56.9 Å². The number of carbonyl (C=O) groups is 4. The quantitative estimate of drug-likeness (QED) is 0.137. The number of rotatable bonds is 19. The number of carboxylic acid groups (broad SMARTS) is 1. The van der Waals surface area contributed by atoms with Crippen LogP contribution in [0.5, 0.6) is 11.5 Å². The van der Waals surface area contributed by atoms with Gasteiger partial charge in [-0.1, -0.05) is 25.5 Å². The maximum Gasteiger partial charge on any atom is 0.407 e. The second kappa shape index (κ2) is 19.3. The van der Waals surface area contributed by atoms with E-state index in [-0.39, 0.29) is 48.9 Å². The number of piperidine rings is 1. The van der Waals surface area contributed by atoms with Crippen molar-refractivity contribution in [3.05, 3.63) is 59.2 Å². The van der Waals surface area contributed by atoms with Gasteiger partial charge in [-0.15, -0.1) is 0 Å². The largest absolute Gasteiger partial charge is 0.493 e. The van der Waals surface area contributed by atoms with E-state index in [1.165, 1.54) is 4.90 Å². The van der Waals surface area contributed by atoms with E-state index in [4.69, 9.17) is 18.9 Å². The Morgan fingerprint density at radius 1 is 0.902 bits per heavy atom. The summed E-state index contributed by atoms with van der Waals surface area (Å²) < 4.78 is 21.8. The highest BCUT2D eigenvalue weighted by Gasteiger charge is 2.39. The Morgan fingerprint density at radius 3 is 2.33 bits per heavy atom. The topological polar surface area (TPSA) is 135 Å². The highest BCUT2D eigenvalue weighted by molar-refractivity contribution is 5.95. The molecule has 51 heavy (non-hydrogen) atoms. The molecule has 2 fully saturated rings. The minimum atomic E-state index is -1.04. The summed E-state index contributed by atoms with van der Waals surface area (Å²) in [7, 11) is 3.18. The van der Waals surface area contributed by atoms with E-state index in [1.54, 1.807) is 55.5 Å². The third-order valence-electron chi connectivity index (χ3n) is 9.53. The first-order chi connectivity index (χ1) is 24.6. The van der Waals surface area contributed by atoms with Gasteiger partial charge in [0.05, 0.1) is 38.3 Å². The summed E-state index contributed by atoms with van der Waals surface area (Å²) in [5.74, 6) is 0.351. The molecule has 1 heterocycles. The van der Waals surface area contributed by atoms with E-state index < -0.39 is 12.1 Å². The molecule has 2 aromatic rings. The summed E-state index contributed by atoms with van der Waals surface area (Å²) in [6.07, 6.45) is 5.06. The summed E-state index contributed by atoms with van der Waals surface area (Å²) >= 11 is 0. The molecule has 280 valence electrons. The first kappa shape index (κ1) is 39.5. The fourth-order valence-electron chi connectivity index (χ4n) is 6.71. The first-order valence-corrected chi connectivity index (χ1v) is 18.2. The van der Waals surface area contributed by atoms with Crippen LogP contribution in [0.2, 0.25) is 0 Å². The standard InChI is InChI=1S/C39H55N3O9/c1-6-7-21-51-38(45)30-11-8-10-28(23-30)24-36(43)40(31-13-14-31)19-18-32-15-16-33(26-41(32)39(46)47)42(27(2)3)37(44)29-12-17-34(49-5)35(25-29)50-22-9-20-48-4/h8,10-12,17,23,25,27,31-33H,6-7,9,13-16,18-22,24,26H2,1-5H3,(H,46,47)/t32-,33-/m1/s1. The normalized spacial score (nSPS) is 17.2. The van der Waals surface area contributed by atoms with E-state index in [0.717, 1.165) is 31.2 Å². The summed E-state index contributed by atoms with van der Waals surface area (Å²) in [6, 6.07) is 11.5. The lowest BCUT2D eigenvalue weighted by atomic mass is 9.93. The number of ether oxygens (including phenoxy) is 4. The van der Waals surface area contributed by atoms with Gasteiger partial charge in [-0.3, -0.25) is 9.59 Å². The zero-order valence-electron chi connectivity index (χ0n) is 30.8. The first-order valence-electron chi connectivity index (χ1n) is 18.2. The number of hydrogen-bond acceptors (Lipinski definition) is 8. The third-order valence-corrected chi connectivity index (χ3v) is 9.53. The van der Waals surface area contributed by atoms with Crippen LogP contribution in [0, 0.1) is 0 Å².